The van der Waals surface area contributed by atoms with E-state index < -0.39 is 12.0 Å². The number of Topliss-reactive ketones (excluding diaryl/α,β-unsaturated/α-hetero) is 1. The van der Waals surface area contributed by atoms with Crippen LogP contribution in [0.25, 0.3) is 0 Å². The number of rotatable bonds is 5. The van der Waals surface area contributed by atoms with E-state index in [1.54, 1.807) is 34.7 Å². The van der Waals surface area contributed by atoms with Crippen LogP contribution in [-0.2, 0) is 4.74 Å². The molecular formula is C15H23N3O4. The molecule has 22 heavy (non-hydrogen) atoms. The molecule has 0 saturated carbocycles. The quantitative estimate of drug-likeness (QED) is 0.639. The maximum atomic E-state index is 12.7. The van der Waals surface area contributed by atoms with E-state index in [1.165, 1.54) is 12.0 Å². The Labute approximate surface area is 130 Å². The fraction of sp³-hybridized carbons (Fsp3) is 0.533. The Hall–Kier alpha value is -2.31. The number of carbonyl (C=O) groups excluding carboxylic acids is 3. The minimum absolute atomic E-state index is 0.227. The molecule has 1 atom stereocenters. The van der Waals surface area contributed by atoms with Crippen LogP contribution >= 0.6 is 0 Å². The summed E-state index contributed by atoms with van der Waals surface area (Å²) in [5, 5.41) is 2.65. The lowest BCUT2D eigenvalue weighted by Gasteiger charge is -2.24. The number of aromatic amines is 1. The summed E-state index contributed by atoms with van der Waals surface area (Å²) in [7, 11) is 2.84. The highest BCUT2D eigenvalue weighted by Gasteiger charge is 2.29. The van der Waals surface area contributed by atoms with Crippen molar-refractivity contribution >= 4 is 17.8 Å². The zero-order chi connectivity index (χ0) is 17.0. The number of nitrogens with one attached hydrogen (secondary N) is 2. The van der Waals surface area contributed by atoms with Crippen LogP contribution in [0.15, 0.2) is 0 Å². The van der Waals surface area contributed by atoms with E-state index in [-0.39, 0.29) is 17.5 Å². The van der Waals surface area contributed by atoms with Gasteiger partial charge >= 0.3 is 12.0 Å². The third-order valence-electron chi connectivity index (χ3n) is 3.68. The number of aryl methyl sites for hydroxylation is 1. The van der Waals surface area contributed by atoms with E-state index in [0.717, 1.165) is 0 Å². The highest BCUT2D eigenvalue weighted by atomic mass is 16.5. The summed E-state index contributed by atoms with van der Waals surface area (Å²) < 4.78 is 4.69. The third-order valence-corrected chi connectivity index (χ3v) is 3.68. The van der Waals surface area contributed by atoms with Gasteiger partial charge in [0.1, 0.15) is 5.69 Å². The van der Waals surface area contributed by atoms with E-state index in [9.17, 15) is 14.4 Å². The van der Waals surface area contributed by atoms with Gasteiger partial charge in [0.25, 0.3) is 0 Å². The zero-order valence-corrected chi connectivity index (χ0v) is 13.9. The van der Waals surface area contributed by atoms with Gasteiger partial charge in [-0.2, -0.15) is 0 Å². The molecule has 2 amide bonds. The Balaban J connectivity index is 3.10. The summed E-state index contributed by atoms with van der Waals surface area (Å²) in [6, 6.07) is -0.965. The van der Waals surface area contributed by atoms with Crippen molar-refractivity contribution in [1.29, 1.82) is 0 Å². The van der Waals surface area contributed by atoms with Crippen LogP contribution in [0.3, 0.4) is 0 Å². The van der Waals surface area contributed by atoms with Gasteiger partial charge in [-0.1, -0.05) is 0 Å². The first-order chi connectivity index (χ1) is 10.3. The highest BCUT2D eigenvalue weighted by Crippen LogP contribution is 2.21. The van der Waals surface area contributed by atoms with Gasteiger partial charge in [0, 0.05) is 24.8 Å². The summed E-state index contributed by atoms with van der Waals surface area (Å²) in [6.45, 7) is 7.34. The Morgan fingerprint density at radius 2 is 1.91 bits per heavy atom. The van der Waals surface area contributed by atoms with Crippen LogP contribution < -0.4 is 5.32 Å². The number of amides is 2. The molecule has 0 aliphatic carbocycles. The number of likely N-dealkylation sites (N-methyl/N-ethyl adjacent to an activating group) is 1. The average Bonchev–Trinajstić information content (AvgIpc) is 2.79. The minimum Gasteiger partial charge on any atom is -0.464 e. The van der Waals surface area contributed by atoms with Crippen LogP contribution in [0.1, 0.15) is 46.0 Å². The van der Waals surface area contributed by atoms with Crippen molar-refractivity contribution < 1.29 is 19.1 Å². The molecule has 2 N–H and O–H groups in total. The summed E-state index contributed by atoms with van der Waals surface area (Å²) in [6.07, 6.45) is 0. The number of ketones is 1. The molecule has 122 valence electrons. The summed E-state index contributed by atoms with van der Waals surface area (Å²) in [5.74, 6) is -0.750. The smallest absolute Gasteiger partial charge is 0.354 e. The first kappa shape index (κ1) is 17.7. The predicted octanol–water partition coefficient (Wildman–Crippen LogP) is 1.65. The van der Waals surface area contributed by atoms with E-state index in [0.29, 0.717) is 23.4 Å². The van der Waals surface area contributed by atoms with Crippen molar-refractivity contribution in [3.63, 3.8) is 0 Å². The van der Waals surface area contributed by atoms with Crippen LogP contribution in [-0.4, -0.2) is 54.4 Å². The van der Waals surface area contributed by atoms with Crippen molar-refractivity contribution in [2.24, 2.45) is 0 Å². The largest absolute Gasteiger partial charge is 0.464 e. The number of hydrogen-bond acceptors (Lipinski definition) is 4. The normalized spacial score (nSPS) is 11.7. The fourth-order valence-corrected chi connectivity index (χ4v) is 2.26. The molecule has 7 nitrogen and oxygen atoms in total. The molecule has 0 aliphatic heterocycles. The Bertz CT molecular complexity index is 592. The Kier molecular flexibility index (Phi) is 5.73. The Morgan fingerprint density at radius 1 is 1.32 bits per heavy atom. The summed E-state index contributed by atoms with van der Waals surface area (Å²) in [4.78, 5) is 40.4. The van der Waals surface area contributed by atoms with Gasteiger partial charge in [-0.05, 0) is 33.3 Å². The molecular weight excluding hydrogens is 286 g/mol. The van der Waals surface area contributed by atoms with Gasteiger partial charge in [0.2, 0.25) is 0 Å². The number of nitrogens with zero attached hydrogens (tertiary/aromatic N) is 1. The van der Waals surface area contributed by atoms with Crippen LogP contribution in [0, 0.1) is 13.8 Å². The second-order valence-electron chi connectivity index (χ2n) is 5.10. The molecule has 0 bridgehead atoms. The predicted molar refractivity (Wildman–Crippen MR) is 82.2 cm³/mol. The molecule has 1 rings (SSSR count). The summed E-state index contributed by atoms with van der Waals surface area (Å²) in [5.41, 5.74) is 1.80. The molecule has 7 heteroatoms. The van der Waals surface area contributed by atoms with Gasteiger partial charge < -0.3 is 19.9 Å². The lowest BCUT2D eigenvalue weighted by molar-refractivity contribution is 0.0594. The SMILES string of the molecule is CCNC(=O)N(C)[C@H](C)C(=O)c1c(C)[nH]c(C(=O)OC)c1C. The monoisotopic (exact) mass is 309 g/mol. The molecule has 0 aliphatic rings. The van der Waals surface area contributed by atoms with Crippen molar-refractivity contribution in [2.45, 2.75) is 33.7 Å². The maximum absolute atomic E-state index is 12.7. The minimum atomic E-state index is -0.648. The average molecular weight is 309 g/mol. The van der Waals surface area contributed by atoms with Crippen LogP contribution in [0.5, 0.6) is 0 Å². The topological polar surface area (TPSA) is 91.5 Å². The number of carbonyl (C=O) groups is 3. The standard InChI is InChI=1S/C15H23N3O4/c1-7-16-15(21)18(5)10(4)13(19)11-8(2)12(14(20)22-6)17-9(11)3/h10,17H,7H2,1-6H3,(H,16,21)/t10-/m1/s1. The summed E-state index contributed by atoms with van der Waals surface area (Å²) >= 11 is 0. The first-order valence-electron chi connectivity index (χ1n) is 7.08. The Morgan fingerprint density at radius 3 is 2.41 bits per heavy atom. The van der Waals surface area contributed by atoms with Gasteiger partial charge in [-0.25, -0.2) is 9.59 Å². The molecule has 1 aromatic rings. The van der Waals surface area contributed by atoms with Crippen LogP contribution in [0.2, 0.25) is 0 Å². The molecule has 0 radical (unpaired) electrons. The van der Waals surface area contributed by atoms with E-state index in [2.05, 4.69) is 15.0 Å². The maximum Gasteiger partial charge on any atom is 0.354 e. The molecule has 0 unspecified atom stereocenters. The van der Waals surface area contributed by atoms with Crippen molar-refractivity contribution in [1.82, 2.24) is 15.2 Å². The van der Waals surface area contributed by atoms with Crippen molar-refractivity contribution in [3.8, 4) is 0 Å². The second-order valence-corrected chi connectivity index (χ2v) is 5.10. The number of ether oxygens (including phenoxy) is 1. The number of H-pyrrole nitrogens is 1. The number of esters is 1. The lowest BCUT2D eigenvalue weighted by Crippen LogP contribution is -2.45. The van der Waals surface area contributed by atoms with Gasteiger partial charge in [-0.3, -0.25) is 4.79 Å². The molecule has 0 aromatic carbocycles. The van der Waals surface area contributed by atoms with Crippen molar-refractivity contribution in [3.05, 3.63) is 22.5 Å². The number of methoxy groups -OCH3 is 1. The lowest BCUT2D eigenvalue weighted by atomic mass is 10.0. The number of aromatic nitrogens is 1. The highest BCUT2D eigenvalue weighted by molar-refractivity contribution is 6.06. The number of urea groups is 1. The first-order valence-corrected chi connectivity index (χ1v) is 7.08. The zero-order valence-electron chi connectivity index (χ0n) is 13.9. The van der Waals surface area contributed by atoms with Gasteiger partial charge in [0.15, 0.2) is 5.78 Å². The van der Waals surface area contributed by atoms with E-state index in [1.807, 2.05) is 0 Å². The van der Waals surface area contributed by atoms with Gasteiger partial charge in [-0.15, -0.1) is 0 Å². The van der Waals surface area contributed by atoms with E-state index in [4.69, 9.17) is 0 Å². The molecule has 0 saturated heterocycles. The molecule has 0 fully saturated rings. The third kappa shape index (κ3) is 3.29. The second kappa shape index (κ2) is 7.11. The van der Waals surface area contributed by atoms with E-state index >= 15 is 0 Å². The van der Waals surface area contributed by atoms with Crippen molar-refractivity contribution in [2.75, 3.05) is 20.7 Å². The fourth-order valence-electron chi connectivity index (χ4n) is 2.26. The molecule has 0 spiro atoms. The van der Waals surface area contributed by atoms with Crippen LogP contribution in [0.4, 0.5) is 4.79 Å². The molecule has 1 heterocycles. The molecule has 1 aromatic heterocycles. The number of hydrogen-bond donors (Lipinski definition) is 2. The van der Waals surface area contributed by atoms with Gasteiger partial charge in [0.05, 0.1) is 13.2 Å².